The van der Waals surface area contributed by atoms with Gasteiger partial charge in [-0.15, -0.1) is 0 Å². The van der Waals surface area contributed by atoms with Crippen LogP contribution in [0.2, 0.25) is 0 Å². The summed E-state index contributed by atoms with van der Waals surface area (Å²) in [6, 6.07) is 0. The summed E-state index contributed by atoms with van der Waals surface area (Å²) in [5.74, 6) is 0. The van der Waals surface area contributed by atoms with Gasteiger partial charge in [0.15, 0.2) is 0 Å². The van der Waals surface area contributed by atoms with Gasteiger partial charge in [-0.25, -0.2) is 0 Å². The summed E-state index contributed by atoms with van der Waals surface area (Å²) in [7, 11) is 0. The maximum absolute atomic E-state index is 3.95. The molecule has 0 spiro atoms. The summed E-state index contributed by atoms with van der Waals surface area (Å²) < 4.78 is 0. The molecule has 4 fully saturated rings. The Morgan fingerprint density at radius 1 is 0.850 bits per heavy atom. The first-order valence-corrected chi connectivity index (χ1v) is 8.22. The summed E-state index contributed by atoms with van der Waals surface area (Å²) in [4.78, 5) is 0. The minimum atomic E-state index is 0.410. The second kappa shape index (κ2) is 4.12. The molecule has 0 aromatic heterocycles. The Balaban J connectivity index is 2.10. The van der Waals surface area contributed by atoms with E-state index in [1.165, 1.54) is 44.1 Å². The third-order valence-corrected chi connectivity index (χ3v) is 6.11. The van der Waals surface area contributed by atoms with Crippen LogP contribution < -0.4 is 0 Å². The zero-order valence-electron chi connectivity index (χ0n) is 13.8. The maximum Gasteiger partial charge on any atom is -0.00316 e. The van der Waals surface area contributed by atoms with Gasteiger partial charge >= 0.3 is 0 Å². The van der Waals surface area contributed by atoms with Crippen molar-refractivity contribution in [2.45, 2.75) is 66.2 Å². The number of hydrogen-bond donors (Lipinski definition) is 0. The molecule has 0 nitrogen and oxygen atoms in total. The molecule has 4 aliphatic carbocycles. The maximum atomic E-state index is 3.95. The zero-order valence-corrected chi connectivity index (χ0v) is 13.8. The van der Waals surface area contributed by atoms with E-state index in [2.05, 4.69) is 52.5 Å². The van der Waals surface area contributed by atoms with E-state index in [-0.39, 0.29) is 0 Å². The molecule has 0 N–H and O–H groups in total. The molecule has 4 rings (SSSR count). The molecule has 0 aromatic carbocycles. The van der Waals surface area contributed by atoms with Crippen LogP contribution in [0.1, 0.15) is 66.2 Å². The van der Waals surface area contributed by atoms with Crippen LogP contribution in [0.25, 0.3) is 0 Å². The van der Waals surface area contributed by atoms with Crippen LogP contribution in [-0.2, 0) is 0 Å². The van der Waals surface area contributed by atoms with Crippen molar-refractivity contribution in [1.29, 1.82) is 0 Å². The molecule has 0 aromatic rings. The highest BCUT2D eigenvalue weighted by Crippen LogP contribution is 2.75. The fraction of sp³-hybridized carbons (Fsp3) is 0.700. The second-order valence-electron chi connectivity index (χ2n) is 9.13. The first-order chi connectivity index (χ1) is 9.26. The van der Waals surface area contributed by atoms with E-state index in [1.54, 1.807) is 0 Å². The van der Waals surface area contributed by atoms with E-state index in [0.29, 0.717) is 21.7 Å². The normalized spacial score (nSPS) is 50.9. The summed E-state index contributed by atoms with van der Waals surface area (Å²) in [6.07, 6.45) is 17.3. The van der Waals surface area contributed by atoms with Gasteiger partial charge in [-0.2, -0.15) is 0 Å². The topological polar surface area (TPSA) is 0 Å². The average Bonchev–Trinajstić information content (AvgIpc) is 2.21. The Morgan fingerprint density at radius 3 is 1.65 bits per heavy atom. The van der Waals surface area contributed by atoms with E-state index in [4.69, 9.17) is 0 Å². The minimum Gasteiger partial charge on any atom is -0.0991 e. The van der Waals surface area contributed by atoms with Gasteiger partial charge in [-0.3, -0.25) is 0 Å². The highest BCUT2D eigenvalue weighted by molar-refractivity contribution is 5.35. The molecule has 4 aliphatic rings. The lowest BCUT2D eigenvalue weighted by Gasteiger charge is -2.69. The van der Waals surface area contributed by atoms with Crippen LogP contribution in [0.15, 0.2) is 36.5 Å². The lowest BCUT2D eigenvalue weighted by atomic mass is 9.35. The van der Waals surface area contributed by atoms with Crippen LogP contribution in [-0.4, -0.2) is 0 Å². The van der Waals surface area contributed by atoms with Gasteiger partial charge in [0, 0.05) is 0 Å². The second-order valence-corrected chi connectivity index (χ2v) is 9.13. The van der Waals surface area contributed by atoms with Crippen molar-refractivity contribution in [3.05, 3.63) is 36.5 Å². The average molecular weight is 270 g/mol. The lowest BCUT2D eigenvalue weighted by molar-refractivity contribution is -0.168. The van der Waals surface area contributed by atoms with Gasteiger partial charge in [-0.05, 0) is 72.7 Å². The molecule has 0 atom stereocenters. The predicted octanol–water partition coefficient (Wildman–Crippen LogP) is 6.06. The number of allylic oxidation sites excluding steroid dienone is 5. The standard InChI is InChI=1S/C20H30/c1-6-8-16(9-7-2)20-13-17(3)10-18(4,14-20)12-19(5,11-17)15-20/h6-9H,1,10-15H2,2-5H3/b9-7-,16-8+. The molecule has 0 heterocycles. The Kier molecular flexibility index (Phi) is 2.92. The van der Waals surface area contributed by atoms with E-state index in [0.717, 1.165) is 0 Å². The Morgan fingerprint density at radius 2 is 1.30 bits per heavy atom. The third-order valence-electron chi connectivity index (χ3n) is 6.11. The number of hydrogen-bond acceptors (Lipinski definition) is 0. The minimum absolute atomic E-state index is 0.410. The van der Waals surface area contributed by atoms with Crippen molar-refractivity contribution in [2.75, 3.05) is 0 Å². The van der Waals surface area contributed by atoms with E-state index in [9.17, 15) is 0 Å². The van der Waals surface area contributed by atoms with E-state index < -0.39 is 0 Å². The fourth-order valence-electron chi connectivity index (χ4n) is 7.31. The van der Waals surface area contributed by atoms with Crippen LogP contribution in [0.3, 0.4) is 0 Å². The van der Waals surface area contributed by atoms with E-state index >= 15 is 0 Å². The van der Waals surface area contributed by atoms with E-state index in [1.807, 2.05) is 6.08 Å². The highest BCUT2D eigenvalue weighted by Gasteiger charge is 2.64. The molecule has 110 valence electrons. The summed E-state index contributed by atoms with van der Waals surface area (Å²) in [5.41, 5.74) is 3.62. The molecule has 0 saturated heterocycles. The molecule has 0 heteroatoms. The van der Waals surface area contributed by atoms with Gasteiger partial charge in [0.05, 0.1) is 0 Å². The Bertz CT molecular complexity index is 437. The first kappa shape index (κ1) is 14.2. The molecular formula is C20H30. The van der Waals surface area contributed by atoms with Crippen molar-refractivity contribution in [2.24, 2.45) is 21.7 Å². The van der Waals surface area contributed by atoms with Gasteiger partial charge in [-0.1, -0.05) is 51.7 Å². The Hall–Kier alpha value is -0.780. The van der Waals surface area contributed by atoms with Crippen LogP contribution >= 0.6 is 0 Å². The van der Waals surface area contributed by atoms with Gasteiger partial charge < -0.3 is 0 Å². The zero-order chi connectivity index (χ0) is 14.6. The largest absolute Gasteiger partial charge is 0.0991 e. The molecule has 4 saturated carbocycles. The Labute approximate surface area is 125 Å². The first-order valence-electron chi connectivity index (χ1n) is 8.22. The number of rotatable bonds is 3. The molecule has 0 unspecified atom stereocenters. The van der Waals surface area contributed by atoms with Gasteiger partial charge in [0.25, 0.3) is 0 Å². The molecule has 0 radical (unpaired) electrons. The predicted molar refractivity (Wildman–Crippen MR) is 87.6 cm³/mol. The molecule has 4 bridgehead atoms. The monoisotopic (exact) mass is 270 g/mol. The summed E-state index contributed by atoms with van der Waals surface area (Å²) >= 11 is 0. The third kappa shape index (κ3) is 2.03. The molecule has 0 aliphatic heterocycles. The fourth-order valence-corrected chi connectivity index (χ4v) is 7.31. The smallest absolute Gasteiger partial charge is 0.00316 e. The summed E-state index contributed by atoms with van der Waals surface area (Å²) in [6.45, 7) is 13.8. The van der Waals surface area contributed by atoms with Crippen molar-refractivity contribution in [3.63, 3.8) is 0 Å². The lowest BCUT2D eigenvalue weighted by Crippen LogP contribution is -2.59. The van der Waals surface area contributed by atoms with Crippen molar-refractivity contribution in [3.8, 4) is 0 Å². The van der Waals surface area contributed by atoms with Gasteiger partial charge in [0.1, 0.15) is 0 Å². The van der Waals surface area contributed by atoms with Gasteiger partial charge in [0.2, 0.25) is 0 Å². The van der Waals surface area contributed by atoms with Crippen molar-refractivity contribution >= 4 is 0 Å². The molecular weight excluding hydrogens is 240 g/mol. The van der Waals surface area contributed by atoms with Crippen LogP contribution in [0, 0.1) is 21.7 Å². The molecule has 0 amide bonds. The van der Waals surface area contributed by atoms with Crippen LogP contribution in [0.5, 0.6) is 0 Å². The van der Waals surface area contributed by atoms with Crippen molar-refractivity contribution in [1.82, 2.24) is 0 Å². The SMILES string of the molecule is C=C/C=C(\C=C/C)C12CC3(C)CC(C)(CC(C)(C3)C1)C2. The summed E-state index contributed by atoms with van der Waals surface area (Å²) in [5, 5.41) is 0. The van der Waals surface area contributed by atoms with Crippen LogP contribution in [0.4, 0.5) is 0 Å². The molecule has 20 heavy (non-hydrogen) atoms. The highest BCUT2D eigenvalue weighted by atomic mass is 14.7. The van der Waals surface area contributed by atoms with Crippen molar-refractivity contribution < 1.29 is 0 Å². The quantitative estimate of drug-likeness (QED) is 0.547.